The Kier molecular flexibility index (Phi) is 5.61. The summed E-state index contributed by atoms with van der Waals surface area (Å²) in [5.74, 6) is 1.44. The van der Waals surface area contributed by atoms with Gasteiger partial charge < -0.3 is 19.3 Å². The maximum atomic E-state index is 10.7. The van der Waals surface area contributed by atoms with Crippen molar-refractivity contribution in [3.05, 3.63) is 71.4 Å². The Morgan fingerprint density at radius 1 is 1.15 bits per heavy atom. The standard InChI is InChI=1S/C20H20N2O5/c1-14-10-19(27-20(23)24)21-22(14)12-16-11-17(25-2)8-9-18(16)26-13-15-6-4-3-5-7-15/h3-11H,12-13H2,1-2H3,(H,23,24). The molecule has 3 rings (SSSR count). The number of benzene rings is 2. The second kappa shape index (κ2) is 8.27. The Morgan fingerprint density at radius 3 is 2.63 bits per heavy atom. The van der Waals surface area contributed by atoms with Crippen LogP contribution in [-0.4, -0.2) is 28.2 Å². The van der Waals surface area contributed by atoms with E-state index in [4.69, 9.17) is 14.6 Å². The third kappa shape index (κ3) is 4.78. The van der Waals surface area contributed by atoms with Crippen LogP contribution in [0.4, 0.5) is 4.79 Å². The van der Waals surface area contributed by atoms with E-state index in [0.717, 1.165) is 16.8 Å². The van der Waals surface area contributed by atoms with Gasteiger partial charge in [-0.05, 0) is 30.7 Å². The molecule has 0 aliphatic carbocycles. The minimum atomic E-state index is -1.40. The fourth-order valence-electron chi connectivity index (χ4n) is 2.62. The Labute approximate surface area is 156 Å². The van der Waals surface area contributed by atoms with Crippen LogP contribution in [0.5, 0.6) is 17.4 Å². The van der Waals surface area contributed by atoms with Crippen LogP contribution < -0.4 is 14.2 Å². The Balaban J connectivity index is 1.82. The highest BCUT2D eigenvalue weighted by molar-refractivity contribution is 5.60. The normalized spacial score (nSPS) is 10.4. The zero-order chi connectivity index (χ0) is 19.2. The van der Waals surface area contributed by atoms with Crippen molar-refractivity contribution in [2.24, 2.45) is 0 Å². The van der Waals surface area contributed by atoms with Crippen LogP contribution >= 0.6 is 0 Å². The van der Waals surface area contributed by atoms with Crippen molar-refractivity contribution in [1.29, 1.82) is 0 Å². The van der Waals surface area contributed by atoms with Gasteiger partial charge in [0.1, 0.15) is 18.1 Å². The first-order valence-electron chi connectivity index (χ1n) is 8.34. The molecular formula is C20H20N2O5. The molecule has 7 heteroatoms. The summed E-state index contributed by atoms with van der Waals surface area (Å²) in [7, 11) is 1.60. The molecular weight excluding hydrogens is 348 g/mol. The predicted molar refractivity (Wildman–Crippen MR) is 98.5 cm³/mol. The van der Waals surface area contributed by atoms with Gasteiger partial charge in [0.05, 0.1) is 13.7 Å². The van der Waals surface area contributed by atoms with Gasteiger partial charge in [0.25, 0.3) is 0 Å². The maximum Gasteiger partial charge on any atom is 0.512 e. The molecule has 3 aromatic rings. The van der Waals surface area contributed by atoms with Crippen molar-refractivity contribution in [2.75, 3.05) is 7.11 Å². The van der Waals surface area contributed by atoms with Crippen LogP contribution in [0.2, 0.25) is 0 Å². The molecule has 0 amide bonds. The summed E-state index contributed by atoms with van der Waals surface area (Å²) in [6, 6.07) is 17.0. The number of rotatable bonds is 7. The fraction of sp³-hybridized carbons (Fsp3) is 0.200. The van der Waals surface area contributed by atoms with E-state index < -0.39 is 6.16 Å². The Bertz CT molecular complexity index is 921. The van der Waals surface area contributed by atoms with Crippen LogP contribution in [0.3, 0.4) is 0 Å². The first-order valence-corrected chi connectivity index (χ1v) is 8.34. The zero-order valence-electron chi connectivity index (χ0n) is 15.1. The molecule has 1 heterocycles. The van der Waals surface area contributed by atoms with Gasteiger partial charge in [-0.1, -0.05) is 30.3 Å². The molecule has 2 aromatic carbocycles. The Morgan fingerprint density at radius 2 is 1.93 bits per heavy atom. The highest BCUT2D eigenvalue weighted by Gasteiger charge is 2.13. The lowest BCUT2D eigenvalue weighted by Gasteiger charge is -2.14. The van der Waals surface area contributed by atoms with Crippen molar-refractivity contribution < 1.29 is 24.1 Å². The van der Waals surface area contributed by atoms with E-state index in [1.54, 1.807) is 17.9 Å². The van der Waals surface area contributed by atoms with Crippen LogP contribution in [0.25, 0.3) is 0 Å². The molecule has 0 bridgehead atoms. The molecule has 140 valence electrons. The number of aromatic nitrogens is 2. The average molecular weight is 368 g/mol. The monoisotopic (exact) mass is 368 g/mol. The highest BCUT2D eigenvalue weighted by atomic mass is 16.7. The van der Waals surface area contributed by atoms with Crippen molar-refractivity contribution in [1.82, 2.24) is 9.78 Å². The molecule has 0 aliphatic rings. The summed E-state index contributed by atoms with van der Waals surface area (Å²) >= 11 is 0. The minimum Gasteiger partial charge on any atom is -0.497 e. The third-order valence-electron chi connectivity index (χ3n) is 3.98. The quantitative estimate of drug-likeness (QED) is 0.637. The average Bonchev–Trinajstić information content (AvgIpc) is 2.99. The topological polar surface area (TPSA) is 82.8 Å². The lowest BCUT2D eigenvalue weighted by molar-refractivity contribution is 0.142. The highest BCUT2D eigenvalue weighted by Crippen LogP contribution is 2.27. The van der Waals surface area contributed by atoms with Crippen molar-refractivity contribution in [3.63, 3.8) is 0 Å². The van der Waals surface area contributed by atoms with Crippen molar-refractivity contribution in [2.45, 2.75) is 20.1 Å². The first-order chi connectivity index (χ1) is 13.0. The van der Waals surface area contributed by atoms with Gasteiger partial charge in [0.15, 0.2) is 0 Å². The number of ether oxygens (including phenoxy) is 3. The molecule has 0 radical (unpaired) electrons. The lowest BCUT2D eigenvalue weighted by atomic mass is 10.1. The molecule has 0 spiro atoms. The number of aryl methyl sites for hydroxylation is 1. The van der Waals surface area contributed by atoms with E-state index in [9.17, 15) is 4.79 Å². The van der Waals surface area contributed by atoms with E-state index in [-0.39, 0.29) is 5.88 Å². The summed E-state index contributed by atoms with van der Waals surface area (Å²) in [5, 5.41) is 12.9. The molecule has 7 nitrogen and oxygen atoms in total. The minimum absolute atomic E-state index is 0.0367. The number of methoxy groups -OCH3 is 1. The third-order valence-corrected chi connectivity index (χ3v) is 3.98. The van der Waals surface area contributed by atoms with Crippen molar-refractivity contribution >= 4 is 6.16 Å². The largest absolute Gasteiger partial charge is 0.512 e. The zero-order valence-corrected chi connectivity index (χ0v) is 15.1. The van der Waals surface area contributed by atoms with E-state index in [2.05, 4.69) is 9.84 Å². The van der Waals surface area contributed by atoms with Gasteiger partial charge in [-0.3, -0.25) is 4.68 Å². The van der Waals surface area contributed by atoms with Gasteiger partial charge in [-0.25, -0.2) is 4.79 Å². The van der Waals surface area contributed by atoms with Crippen LogP contribution in [0, 0.1) is 6.92 Å². The Hall–Kier alpha value is -3.48. The second-order valence-electron chi connectivity index (χ2n) is 5.90. The number of hydrogen-bond acceptors (Lipinski definition) is 5. The molecule has 0 unspecified atom stereocenters. The molecule has 27 heavy (non-hydrogen) atoms. The summed E-state index contributed by atoms with van der Waals surface area (Å²) in [4.78, 5) is 10.7. The number of hydrogen-bond donors (Lipinski definition) is 1. The second-order valence-corrected chi connectivity index (χ2v) is 5.90. The maximum absolute atomic E-state index is 10.7. The smallest absolute Gasteiger partial charge is 0.497 e. The first kappa shape index (κ1) is 18.3. The fourth-order valence-corrected chi connectivity index (χ4v) is 2.62. The van der Waals surface area contributed by atoms with Crippen LogP contribution in [0.1, 0.15) is 16.8 Å². The molecule has 0 atom stereocenters. The molecule has 1 N–H and O–H groups in total. The molecule has 0 saturated heterocycles. The van der Waals surface area contributed by atoms with Gasteiger partial charge in [-0.2, -0.15) is 0 Å². The van der Waals surface area contributed by atoms with Crippen molar-refractivity contribution in [3.8, 4) is 17.4 Å². The van der Waals surface area contributed by atoms with E-state index in [1.165, 1.54) is 0 Å². The summed E-state index contributed by atoms with van der Waals surface area (Å²) in [6.45, 7) is 2.65. The number of carboxylic acid groups (broad SMARTS) is 1. The van der Waals surface area contributed by atoms with E-state index in [0.29, 0.717) is 24.7 Å². The van der Waals surface area contributed by atoms with Gasteiger partial charge in [0.2, 0.25) is 5.88 Å². The SMILES string of the molecule is COc1ccc(OCc2ccccc2)c(Cn2nc(OC(=O)O)cc2C)c1. The summed E-state index contributed by atoms with van der Waals surface area (Å²) in [5.41, 5.74) is 2.69. The van der Waals surface area contributed by atoms with Gasteiger partial charge in [-0.15, -0.1) is 5.10 Å². The van der Waals surface area contributed by atoms with Crippen LogP contribution in [0.15, 0.2) is 54.6 Å². The van der Waals surface area contributed by atoms with Gasteiger partial charge >= 0.3 is 6.16 Å². The van der Waals surface area contributed by atoms with E-state index >= 15 is 0 Å². The van der Waals surface area contributed by atoms with Gasteiger partial charge in [0, 0.05) is 17.3 Å². The molecule has 1 aromatic heterocycles. The molecule has 0 saturated carbocycles. The molecule has 0 fully saturated rings. The van der Waals surface area contributed by atoms with E-state index in [1.807, 2.05) is 55.5 Å². The van der Waals surface area contributed by atoms with Crippen LogP contribution in [-0.2, 0) is 13.2 Å². The predicted octanol–water partition coefficient (Wildman–Crippen LogP) is 3.88. The summed E-state index contributed by atoms with van der Waals surface area (Å²) < 4.78 is 17.6. The number of nitrogens with zero attached hydrogens (tertiary/aromatic N) is 2. The molecule has 0 aliphatic heterocycles. The number of carbonyl (C=O) groups is 1. The summed E-state index contributed by atoms with van der Waals surface area (Å²) in [6.07, 6.45) is -1.40. The lowest BCUT2D eigenvalue weighted by Crippen LogP contribution is -2.08.